The highest BCUT2D eigenvalue weighted by atomic mass is 16.5. The first kappa shape index (κ1) is 17.6. The van der Waals surface area contributed by atoms with Gasteiger partial charge in [0.15, 0.2) is 0 Å². The van der Waals surface area contributed by atoms with Crippen LogP contribution in [0.15, 0.2) is 0 Å². The summed E-state index contributed by atoms with van der Waals surface area (Å²) in [7, 11) is 3.69. The Labute approximate surface area is 143 Å². The quantitative estimate of drug-likeness (QED) is 0.718. The second-order valence-electron chi connectivity index (χ2n) is 7.07. The summed E-state index contributed by atoms with van der Waals surface area (Å²) < 4.78 is 10.6. The van der Waals surface area contributed by atoms with Gasteiger partial charge >= 0.3 is 0 Å². The van der Waals surface area contributed by atoms with Gasteiger partial charge in [-0.2, -0.15) is 0 Å². The van der Waals surface area contributed by atoms with Crippen molar-refractivity contribution in [3.63, 3.8) is 0 Å². The van der Waals surface area contributed by atoms with Gasteiger partial charge < -0.3 is 19.3 Å². The van der Waals surface area contributed by atoms with E-state index in [1.165, 1.54) is 0 Å². The highest BCUT2D eigenvalue weighted by Crippen LogP contribution is 2.33. The molecule has 3 fully saturated rings. The van der Waals surface area contributed by atoms with E-state index in [9.17, 15) is 9.59 Å². The van der Waals surface area contributed by atoms with Crippen molar-refractivity contribution in [2.45, 2.75) is 37.3 Å². The summed E-state index contributed by atoms with van der Waals surface area (Å²) in [4.78, 5) is 31.6. The predicted molar refractivity (Wildman–Crippen MR) is 88.6 cm³/mol. The van der Waals surface area contributed by atoms with Gasteiger partial charge in [-0.25, -0.2) is 0 Å². The second-order valence-corrected chi connectivity index (χ2v) is 7.07. The SMILES string of the molecule is COCCN1CCN(C)C2(CCN(C(=O)[C@@H]3CCCO3)CC2)C1=O. The number of likely N-dealkylation sites (tertiary alicyclic amines) is 1. The maximum atomic E-state index is 13.1. The van der Waals surface area contributed by atoms with Crippen molar-refractivity contribution >= 4 is 11.8 Å². The van der Waals surface area contributed by atoms with E-state index in [1.807, 2.05) is 16.8 Å². The molecule has 7 heteroatoms. The van der Waals surface area contributed by atoms with Crippen LogP contribution in [0.25, 0.3) is 0 Å². The largest absolute Gasteiger partial charge is 0.383 e. The topological polar surface area (TPSA) is 62.3 Å². The third-order valence-corrected chi connectivity index (χ3v) is 5.79. The number of likely N-dealkylation sites (N-methyl/N-ethyl adjacent to an activating group) is 1. The first-order valence-electron chi connectivity index (χ1n) is 8.98. The van der Waals surface area contributed by atoms with E-state index in [4.69, 9.17) is 9.47 Å². The zero-order chi connectivity index (χ0) is 17.2. The lowest BCUT2D eigenvalue weighted by Crippen LogP contribution is -2.68. The van der Waals surface area contributed by atoms with Gasteiger partial charge in [-0.05, 0) is 32.7 Å². The lowest BCUT2D eigenvalue weighted by Gasteiger charge is -2.51. The molecule has 0 aliphatic carbocycles. The number of hydrogen-bond acceptors (Lipinski definition) is 5. The summed E-state index contributed by atoms with van der Waals surface area (Å²) in [5.74, 6) is 0.294. The minimum Gasteiger partial charge on any atom is -0.383 e. The monoisotopic (exact) mass is 339 g/mol. The van der Waals surface area contributed by atoms with E-state index in [0.717, 1.165) is 25.9 Å². The highest BCUT2D eigenvalue weighted by Gasteiger charge is 2.50. The second kappa shape index (κ2) is 7.37. The third kappa shape index (κ3) is 3.17. The number of rotatable bonds is 4. The Kier molecular flexibility index (Phi) is 5.42. The van der Waals surface area contributed by atoms with Gasteiger partial charge in [0.05, 0.1) is 6.61 Å². The summed E-state index contributed by atoms with van der Waals surface area (Å²) in [6, 6.07) is 0. The molecule has 0 unspecified atom stereocenters. The number of carbonyl (C=O) groups excluding carboxylic acids is 2. The summed E-state index contributed by atoms with van der Waals surface area (Å²) in [5.41, 5.74) is -0.459. The molecular weight excluding hydrogens is 310 g/mol. The Morgan fingerprint density at radius 2 is 2.04 bits per heavy atom. The number of ether oxygens (including phenoxy) is 2. The first-order valence-corrected chi connectivity index (χ1v) is 8.98. The third-order valence-electron chi connectivity index (χ3n) is 5.79. The van der Waals surface area contributed by atoms with Crippen LogP contribution >= 0.6 is 0 Å². The van der Waals surface area contributed by atoms with Crippen LogP contribution in [-0.2, 0) is 19.1 Å². The number of piperidine rings is 1. The summed E-state index contributed by atoms with van der Waals surface area (Å²) >= 11 is 0. The molecule has 3 saturated heterocycles. The molecule has 0 aromatic heterocycles. The van der Waals surface area contributed by atoms with Crippen molar-refractivity contribution in [2.75, 3.05) is 60.1 Å². The molecule has 24 heavy (non-hydrogen) atoms. The van der Waals surface area contributed by atoms with E-state index in [1.54, 1.807) is 7.11 Å². The van der Waals surface area contributed by atoms with Gasteiger partial charge in [-0.3, -0.25) is 14.5 Å². The summed E-state index contributed by atoms with van der Waals surface area (Å²) in [6.45, 7) is 4.77. The van der Waals surface area contributed by atoms with Crippen LogP contribution in [0.3, 0.4) is 0 Å². The molecule has 3 heterocycles. The molecule has 0 aromatic rings. The van der Waals surface area contributed by atoms with Crippen molar-refractivity contribution in [2.24, 2.45) is 0 Å². The van der Waals surface area contributed by atoms with Crippen LogP contribution in [0, 0.1) is 0 Å². The van der Waals surface area contributed by atoms with E-state index < -0.39 is 5.54 Å². The zero-order valence-electron chi connectivity index (χ0n) is 14.8. The Hall–Kier alpha value is -1.18. The van der Waals surface area contributed by atoms with Gasteiger partial charge in [-0.15, -0.1) is 0 Å². The van der Waals surface area contributed by atoms with Crippen LogP contribution in [-0.4, -0.2) is 98.3 Å². The smallest absolute Gasteiger partial charge is 0.251 e. The lowest BCUT2D eigenvalue weighted by atomic mass is 9.82. The maximum absolute atomic E-state index is 13.1. The number of nitrogens with zero attached hydrogens (tertiary/aromatic N) is 3. The molecule has 0 radical (unpaired) electrons. The normalized spacial score (nSPS) is 27.9. The molecule has 3 rings (SSSR count). The first-order chi connectivity index (χ1) is 11.6. The van der Waals surface area contributed by atoms with Gasteiger partial charge in [0.2, 0.25) is 5.91 Å². The molecule has 1 spiro atoms. The molecule has 0 aromatic carbocycles. The van der Waals surface area contributed by atoms with Crippen LogP contribution in [0.4, 0.5) is 0 Å². The van der Waals surface area contributed by atoms with Crippen LogP contribution in [0.5, 0.6) is 0 Å². The number of carbonyl (C=O) groups is 2. The van der Waals surface area contributed by atoms with Crippen molar-refractivity contribution in [1.82, 2.24) is 14.7 Å². The number of piperazine rings is 1. The molecule has 1 atom stereocenters. The standard InChI is InChI=1S/C17H29N3O4/c1-18-9-10-20(11-13-23-2)16(22)17(18)5-7-19(8-6-17)15(21)14-4-3-12-24-14/h14H,3-13H2,1-2H3/t14-/m0/s1. The Morgan fingerprint density at radius 1 is 1.29 bits per heavy atom. The predicted octanol–water partition coefficient (Wildman–Crippen LogP) is -0.0530. The fourth-order valence-electron chi connectivity index (χ4n) is 4.13. The summed E-state index contributed by atoms with van der Waals surface area (Å²) in [5, 5.41) is 0. The van der Waals surface area contributed by atoms with E-state index in [0.29, 0.717) is 45.7 Å². The molecule has 0 bridgehead atoms. The number of amides is 2. The molecule has 0 N–H and O–H groups in total. The van der Waals surface area contributed by atoms with Crippen molar-refractivity contribution in [3.8, 4) is 0 Å². The Balaban J connectivity index is 1.63. The molecule has 3 aliphatic heterocycles. The average Bonchev–Trinajstić information content (AvgIpc) is 3.14. The molecular formula is C17H29N3O4. The number of hydrogen-bond donors (Lipinski definition) is 0. The molecule has 7 nitrogen and oxygen atoms in total. The minimum absolute atomic E-state index is 0.101. The zero-order valence-corrected chi connectivity index (χ0v) is 14.8. The molecule has 2 amide bonds. The van der Waals surface area contributed by atoms with E-state index in [2.05, 4.69) is 4.90 Å². The van der Waals surface area contributed by atoms with Crippen LogP contribution in [0.2, 0.25) is 0 Å². The fraction of sp³-hybridized carbons (Fsp3) is 0.882. The van der Waals surface area contributed by atoms with Crippen LogP contribution < -0.4 is 0 Å². The van der Waals surface area contributed by atoms with E-state index in [-0.39, 0.29) is 17.9 Å². The van der Waals surface area contributed by atoms with Gasteiger partial charge in [0.1, 0.15) is 11.6 Å². The average molecular weight is 339 g/mol. The van der Waals surface area contributed by atoms with Gasteiger partial charge in [0, 0.05) is 46.4 Å². The van der Waals surface area contributed by atoms with Crippen LogP contribution in [0.1, 0.15) is 25.7 Å². The molecule has 3 aliphatic rings. The Bertz CT molecular complexity index is 468. The van der Waals surface area contributed by atoms with Crippen molar-refractivity contribution < 1.29 is 19.1 Å². The molecule has 136 valence electrons. The fourth-order valence-corrected chi connectivity index (χ4v) is 4.13. The Morgan fingerprint density at radius 3 is 2.67 bits per heavy atom. The van der Waals surface area contributed by atoms with Crippen molar-refractivity contribution in [3.05, 3.63) is 0 Å². The number of methoxy groups -OCH3 is 1. The molecule has 0 saturated carbocycles. The van der Waals surface area contributed by atoms with E-state index >= 15 is 0 Å². The highest BCUT2D eigenvalue weighted by molar-refractivity contribution is 5.88. The van der Waals surface area contributed by atoms with Gasteiger partial charge in [-0.1, -0.05) is 0 Å². The maximum Gasteiger partial charge on any atom is 0.251 e. The van der Waals surface area contributed by atoms with Gasteiger partial charge in [0.25, 0.3) is 5.91 Å². The van der Waals surface area contributed by atoms with Crippen molar-refractivity contribution in [1.29, 1.82) is 0 Å². The lowest BCUT2D eigenvalue weighted by molar-refractivity contribution is -0.159. The minimum atomic E-state index is -0.459. The summed E-state index contributed by atoms with van der Waals surface area (Å²) in [6.07, 6.45) is 2.92.